The molecule has 0 heterocycles. The van der Waals surface area contributed by atoms with Gasteiger partial charge in [-0.25, -0.2) is 4.57 Å². The van der Waals surface area contributed by atoms with Crippen LogP contribution in [0.25, 0.3) is 0 Å². The lowest BCUT2D eigenvalue weighted by Crippen LogP contribution is -2.46. The second kappa shape index (κ2) is 19.9. The highest BCUT2D eigenvalue weighted by molar-refractivity contribution is 7.48. The minimum Gasteiger partial charge on any atom is -0.490 e. The molecular formula is C34H57NO6P+. The van der Waals surface area contributed by atoms with Gasteiger partial charge in [-0.1, -0.05) is 95.8 Å². The van der Waals surface area contributed by atoms with E-state index >= 15 is 0 Å². The Morgan fingerprint density at radius 2 is 1.26 bits per heavy atom. The molecule has 7 nitrogen and oxygen atoms in total. The maximum absolute atomic E-state index is 13.0. The number of nitrogens with zero attached hydrogens (tertiary/aromatic N) is 1. The molecule has 0 aliphatic rings. The smallest absolute Gasteiger partial charge is 0.490 e. The Bertz CT molecular complexity index is 1050. The van der Waals surface area contributed by atoms with E-state index < -0.39 is 7.82 Å². The number of hydrogen-bond donors (Lipinski definition) is 1. The summed E-state index contributed by atoms with van der Waals surface area (Å²) in [6, 6.07) is 12.4. The van der Waals surface area contributed by atoms with Crippen molar-refractivity contribution in [2.24, 2.45) is 0 Å². The van der Waals surface area contributed by atoms with E-state index in [0.717, 1.165) is 49.1 Å². The van der Waals surface area contributed by atoms with Gasteiger partial charge in [0.1, 0.15) is 12.3 Å². The predicted molar refractivity (Wildman–Crippen MR) is 173 cm³/mol. The molecule has 1 unspecified atom stereocenters. The van der Waals surface area contributed by atoms with Crippen molar-refractivity contribution in [2.75, 3.05) is 33.4 Å². The fraction of sp³-hybridized carbons (Fsp3) is 0.647. The van der Waals surface area contributed by atoms with Crippen molar-refractivity contribution in [1.29, 1.82) is 0 Å². The predicted octanol–water partition coefficient (Wildman–Crippen LogP) is 9.71. The van der Waals surface area contributed by atoms with Crippen molar-refractivity contribution in [1.82, 2.24) is 0 Å². The molecule has 0 spiro atoms. The topological polar surface area (TPSA) is 74.2 Å². The van der Waals surface area contributed by atoms with Crippen LogP contribution in [0.3, 0.4) is 0 Å². The second-order valence-corrected chi connectivity index (χ2v) is 12.6. The van der Waals surface area contributed by atoms with Crippen LogP contribution in [0, 0.1) is 0 Å². The summed E-state index contributed by atoms with van der Waals surface area (Å²) in [7, 11) is -3.00. The lowest BCUT2D eigenvalue weighted by atomic mass is 10.1. The first-order valence-electron chi connectivity index (χ1n) is 16.3. The van der Waals surface area contributed by atoms with E-state index in [4.69, 9.17) is 18.5 Å². The molecule has 0 bridgehead atoms. The first-order chi connectivity index (χ1) is 20.3. The SMILES string of the molecule is CCCCCCCCCCCCCCOc1cccc(OP(=O)(O)Oc2cccc(C[N+](CC)(CC)CC)c2)c1OC. The third-order valence-electron chi connectivity index (χ3n) is 8.27. The largest absolute Gasteiger partial charge is 0.585 e. The second-order valence-electron chi connectivity index (χ2n) is 11.3. The van der Waals surface area contributed by atoms with E-state index in [1.165, 1.54) is 71.3 Å². The van der Waals surface area contributed by atoms with Gasteiger partial charge < -0.3 is 23.0 Å². The molecule has 0 fully saturated rings. The quantitative estimate of drug-likeness (QED) is 0.0728. The van der Waals surface area contributed by atoms with Gasteiger partial charge in [0, 0.05) is 5.56 Å². The average molecular weight is 607 g/mol. The molecule has 0 saturated carbocycles. The van der Waals surface area contributed by atoms with Crippen LogP contribution in [-0.4, -0.2) is 42.7 Å². The number of phosphoric acid groups is 1. The summed E-state index contributed by atoms with van der Waals surface area (Å²) < 4.78 is 36.3. The lowest BCUT2D eigenvalue weighted by molar-refractivity contribution is -0.936. The molecule has 2 aromatic carbocycles. The van der Waals surface area contributed by atoms with Gasteiger partial charge in [0.05, 0.1) is 33.4 Å². The van der Waals surface area contributed by atoms with Crippen LogP contribution in [0.15, 0.2) is 42.5 Å². The highest BCUT2D eigenvalue weighted by atomic mass is 31.2. The molecule has 0 radical (unpaired) electrons. The number of hydrogen-bond acceptors (Lipinski definition) is 5. The Kier molecular flexibility index (Phi) is 17.0. The van der Waals surface area contributed by atoms with Crippen LogP contribution in [0.2, 0.25) is 0 Å². The van der Waals surface area contributed by atoms with Gasteiger partial charge >= 0.3 is 7.82 Å². The van der Waals surface area contributed by atoms with E-state index in [9.17, 15) is 9.46 Å². The van der Waals surface area contributed by atoms with Crippen LogP contribution < -0.4 is 18.5 Å². The van der Waals surface area contributed by atoms with Crippen molar-refractivity contribution in [3.05, 3.63) is 48.0 Å². The van der Waals surface area contributed by atoms with Crippen molar-refractivity contribution >= 4 is 7.82 Å². The fourth-order valence-electron chi connectivity index (χ4n) is 5.38. The summed E-state index contributed by atoms with van der Waals surface area (Å²) in [5.74, 6) is 1.15. The number of phosphoric ester groups is 1. The summed E-state index contributed by atoms with van der Waals surface area (Å²) in [5, 5.41) is 0. The molecule has 0 saturated heterocycles. The molecule has 2 aromatic rings. The minimum atomic E-state index is -4.49. The van der Waals surface area contributed by atoms with E-state index in [1.54, 1.807) is 24.3 Å². The van der Waals surface area contributed by atoms with Gasteiger partial charge in [0.15, 0.2) is 11.5 Å². The Balaban J connectivity index is 1.83. The summed E-state index contributed by atoms with van der Waals surface area (Å²) in [6.07, 6.45) is 15.4. The Morgan fingerprint density at radius 1 is 0.714 bits per heavy atom. The molecule has 0 aromatic heterocycles. The zero-order chi connectivity index (χ0) is 30.7. The Labute approximate surface area is 255 Å². The molecule has 1 N–H and O–H groups in total. The molecule has 2 rings (SSSR count). The fourth-order valence-corrected chi connectivity index (χ4v) is 6.19. The third-order valence-corrected chi connectivity index (χ3v) is 9.13. The maximum Gasteiger partial charge on any atom is 0.585 e. The standard InChI is InChI=1S/C34H56NO6P/c1-6-10-11-12-13-14-15-16-17-18-19-20-27-39-32-25-22-26-33(34(32)38-5)41-42(36,37)40-31-24-21-23-30(28-31)29-35(7-2,8-3)9-4/h21-26,28H,6-20,27,29H2,1-5H3/p+1. The summed E-state index contributed by atoms with van der Waals surface area (Å²) in [4.78, 5) is 10.6. The zero-order valence-electron chi connectivity index (χ0n) is 26.9. The highest BCUT2D eigenvalue weighted by Gasteiger charge is 2.29. The first-order valence-corrected chi connectivity index (χ1v) is 17.8. The van der Waals surface area contributed by atoms with E-state index in [1.807, 2.05) is 18.2 Å². The molecule has 0 aliphatic heterocycles. The van der Waals surface area contributed by atoms with E-state index in [-0.39, 0.29) is 17.2 Å². The summed E-state index contributed by atoms with van der Waals surface area (Å²) in [5.41, 5.74) is 1.05. The van der Waals surface area contributed by atoms with Crippen LogP contribution in [0.5, 0.6) is 23.0 Å². The van der Waals surface area contributed by atoms with Crippen molar-refractivity contribution < 1.29 is 32.5 Å². The number of unbranched alkanes of at least 4 members (excludes halogenated alkanes) is 11. The molecule has 0 aliphatic carbocycles. The monoisotopic (exact) mass is 606 g/mol. The third kappa shape index (κ3) is 13.0. The first kappa shape index (κ1) is 36.0. The summed E-state index contributed by atoms with van der Waals surface area (Å²) in [6.45, 7) is 13.2. The van der Waals surface area contributed by atoms with Gasteiger partial charge in [-0.3, -0.25) is 4.89 Å². The maximum atomic E-state index is 13.0. The minimum absolute atomic E-state index is 0.102. The Morgan fingerprint density at radius 3 is 1.83 bits per heavy atom. The van der Waals surface area contributed by atoms with Crippen molar-refractivity contribution in [2.45, 2.75) is 111 Å². The van der Waals surface area contributed by atoms with Crippen molar-refractivity contribution in [3.8, 4) is 23.0 Å². The van der Waals surface area contributed by atoms with Crippen molar-refractivity contribution in [3.63, 3.8) is 0 Å². The lowest BCUT2D eigenvalue weighted by Gasteiger charge is -2.36. The van der Waals surface area contributed by atoms with Crippen LogP contribution in [0.1, 0.15) is 110 Å². The van der Waals surface area contributed by atoms with Crippen LogP contribution >= 0.6 is 7.82 Å². The number of para-hydroxylation sites is 1. The normalized spacial score (nSPS) is 13.0. The highest BCUT2D eigenvalue weighted by Crippen LogP contribution is 2.49. The molecular weight excluding hydrogens is 549 g/mol. The van der Waals surface area contributed by atoms with E-state index in [2.05, 4.69) is 27.7 Å². The van der Waals surface area contributed by atoms with Crippen LogP contribution in [-0.2, 0) is 11.1 Å². The Hall–Kier alpha value is -2.21. The zero-order valence-corrected chi connectivity index (χ0v) is 27.8. The number of ether oxygens (including phenoxy) is 2. The van der Waals surface area contributed by atoms with Gasteiger partial charge in [-0.15, -0.1) is 0 Å². The van der Waals surface area contributed by atoms with Gasteiger partial charge in [0.2, 0.25) is 5.75 Å². The number of benzene rings is 2. The van der Waals surface area contributed by atoms with Gasteiger partial charge in [-0.2, -0.15) is 0 Å². The van der Waals surface area contributed by atoms with E-state index in [0.29, 0.717) is 12.4 Å². The number of quaternary nitrogens is 1. The molecule has 42 heavy (non-hydrogen) atoms. The number of rotatable bonds is 24. The van der Waals surface area contributed by atoms with Gasteiger partial charge in [0.25, 0.3) is 0 Å². The van der Waals surface area contributed by atoms with Crippen LogP contribution in [0.4, 0.5) is 0 Å². The number of methoxy groups -OCH3 is 1. The molecule has 8 heteroatoms. The van der Waals surface area contributed by atoms with Gasteiger partial charge in [-0.05, 0) is 51.5 Å². The summed E-state index contributed by atoms with van der Waals surface area (Å²) >= 11 is 0. The molecule has 0 amide bonds. The molecule has 238 valence electrons. The average Bonchev–Trinajstić information content (AvgIpc) is 2.98. The molecule has 1 atom stereocenters.